The van der Waals surface area contributed by atoms with Gasteiger partial charge in [-0.2, -0.15) is 5.10 Å². The minimum atomic E-state index is -0.473. The first-order valence-electron chi connectivity index (χ1n) is 9.84. The maximum absolute atomic E-state index is 12.1. The first kappa shape index (κ1) is 25.6. The molecular weight excluding hydrogens is 500 g/mol. The van der Waals surface area contributed by atoms with Gasteiger partial charge in [0, 0.05) is 11.4 Å². The lowest BCUT2D eigenvalue weighted by Gasteiger charge is -2.14. The van der Waals surface area contributed by atoms with Gasteiger partial charge in [0.25, 0.3) is 5.91 Å². The Bertz CT molecular complexity index is 967. The lowest BCUT2D eigenvalue weighted by atomic mass is 10.2. The zero-order chi connectivity index (χ0) is 23.5. The third kappa shape index (κ3) is 8.46. The number of amides is 1. The fourth-order valence-corrected chi connectivity index (χ4v) is 3.81. The van der Waals surface area contributed by atoms with Crippen molar-refractivity contribution in [2.24, 2.45) is 5.10 Å². The Labute approximate surface area is 199 Å². The summed E-state index contributed by atoms with van der Waals surface area (Å²) in [6.07, 6.45) is 1.48. The number of hydrogen-bond acceptors (Lipinski definition) is 9. The Kier molecular flexibility index (Phi) is 10.4. The lowest BCUT2D eigenvalue weighted by molar-refractivity contribution is -0.145. The molecule has 9 nitrogen and oxygen atoms in total. The number of benzene rings is 1. The number of nitrogens with zero attached hydrogens (tertiary/aromatic N) is 3. The number of halogens is 1. The molecule has 0 bridgehead atoms. The van der Waals surface area contributed by atoms with Crippen LogP contribution in [0.4, 0.5) is 0 Å². The van der Waals surface area contributed by atoms with Crippen molar-refractivity contribution in [2.45, 2.75) is 32.9 Å². The second kappa shape index (κ2) is 13.0. The van der Waals surface area contributed by atoms with Crippen LogP contribution in [0.1, 0.15) is 30.8 Å². The lowest BCUT2D eigenvalue weighted by Crippen LogP contribution is -2.20. The highest BCUT2D eigenvalue weighted by Gasteiger charge is 2.14. The van der Waals surface area contributed by atoms with E-state index in [9.17, 15) is 9.59 Å². The molecule has 1 amide bonds. The summed E-state index contributed by atoms with van der Waals surface area (Å²) in [6.45, 7) is 7.76. The van der Waals surface area contributed by atoms with Gasteiger partial charge >= 0.3 is 5.97 Å². The number of aryl methyl sites for hydroxylation is 2. The third-order valence-corrected chi connectivity index (χ3v) is 5.10. The van der Waals surface area contributed by atoms with Crippen LogP contribution >= 0.6 is 27.7 Å². The van der Waals surface area contributed by atoms with Gasteiger partial charge in [0.15, 0.2) is 23.3 Å². The molecule has 0 unspecified atom stereocenters. The van der Waals surface area contributed by atoms with Gasteiger partial charge in [-0.05, 0) is 67.4 Å². The molecule has 1 N–H and O–H groups in total. The Morgan fingerprint density at radius 3 is 2.50 bits per heavy atom. The van der Waals surface area contributed by atoms with Crippen LogP contribution in [0, 0.1) is 13.8 Å². The Morgan fingerprint density at radius 1 is 1.12 bits per heavy atom. The second-order valence-corrected chi connectivity index (χ2v) is 8.17. The van der Waals surface area contributed by atoms with Crippen molar-refractivity contribution in [1.29, 1.82) is 0 Å². The molecule has 0 atom stereocenters. The van der Waals surface area contributed by atoms with Gasteiger partial charge < -0.3 is 14.2 Å². The molecule has 1 heterocycles. The van der Waals surface area contributed by atoms with Crippen LogP contribution in [0.3, 0.4) is 0 Å². The van der Waals surface area contributed by atoms with Crippen molar-refractivity contribution >= 4 is 45.8 Å². The summed E-state index contributed by atoms with van der Waals surface area (Å²) < 4.78 is 16.6. The van der Waals surface area contributed by atoms with Crippen LogP contribution in [0.25, 0.3) is 0 Å². The normalized spacial score (nSPS) is 10.8. The number of thioether (sulfide) groups is 1. The monoisotopic (exact) mass is 524 g/mol. The molecule has 172 valence electrons. The van der Waals surface area contributed by atoms with E-state index in [1.807, 2.05) is 26.8 Å². The molecule has 1 aromatic carbocycles. The second-order valence-electron chi connectivity index (χ2n) is 6.37. The molecule has 0 radical (unpaired) electrons. The maximum atomic E-state index is 12.1. The molecule has 0 spiro atoms. The molecule has 0 aliphatic carbocycles. The predicted octanol–water partition coefficient (Wildman–Crippen LogP) is 3.44. The highest BCUT2D eigenvalue weighted by atomic mass is 79.9. The van der Waals surface area contributed by atoms with Crippen molar-refractivity contribution in [2.75, 3.05) is 25.6 Å². The van der Waals surface area contributed by atoms with E-state index in [0.29, 0.717) is 33.3 Å². The highest BCUT2D eigenvalue weighted by Crippen LogP contribution is 2.36. The molecule has 32 heavy (non-hydrogen) atoms. The van der Waals surface area contributed by atoms with Gasteiger partial charge in [0.1, 0.15) is 0 Å². The minimum Gasteiger partial charge on any atom is -0.490 e. The van der Waals surface area contributed by atoms with Crippen LogP contribution in [0.5, 0.6) is 11.5 Å². The fourth-order valence-electron chi connectivity index (χ4n) is 2.50. The summed E-state index contributed by atoms with van der Waals surface area (Å²) in [7, 11) is 0. The van der Waals surface area contributed by atoms with Crippen molar-refractivity contribution < 1.29 is 23.8 Å². The first-order chi connectivity index (χ1) is 15.3. The Hall–Kier alpha value is -2.66. The standard InChI is InChI=1S/C21H25BrN4O5S/c1-5-29-17-9-15(8-16(22)20(17)31-11-19(28)30-6-2)10-23-26-18(27)12-32-21-24-13(3)7-14(4)25-21/h7-10H,5-6,11-12H2,1-4H3,(H,26,27)/b23-10-. The van der Waals surface area contributed by atoms with Gasteiger partial charge in [-0.25, -0.2) is 20.2 Å². The Balaban J connectivity index is 1.98. The van der Waals surface area contributed by atoms with Gasteiger partial charge in [-0.3, -0.25) is 4.79 Å². The number of esters is 1. The van der Waals surface area contributed by atoms with E-state index in [1.54, 1.807) is 19.1 Å². The molecule has 1 aromatic heterocycles. The summed E-state index contributed by atoms with van der Waals surface area (Å²) in [5.41, 5.74) is 4.84. The van der Waals surface area contributed by atoms with Gasteiger partial charge in [-0.15, -0.1) is 0 Å². The molecule has 0 saturated heterocycles. The smallest absolute Gasteiger partial charge is 0.344 e. The van der Waals surface area contributed by atoms with Crippen LogP contribution in [-0.2, 0) is 14.3 Å². The van der Waals surface area contributed by atoms with E-state index in [4.69, 9.17) is 14.2 Å². The average molecular weight is 525 g/mol. The van der Waals surface area contributed by atoms with Crippen molar-refractivity contribution in [3.05, 3.63) is 39.6 Å². The SMILES string of the molecule is CCOC(=O)COc1c(Br)cc(/C=N\NC(=O)CSc2nc(C)cc(C)n2)cc1OCC. The van der Waals surface area contributed by atoms with Crippen molar-refractivity contribution in [1.82, 2.24) is 15.4 Å². The number of ether oxygens (including phenoxy) is 3. The molecule has 2 rings (SSSR count). The quantitative estimate of drug-likeness (QED) is 0.156. The number of hydrazone groups is 1. The minimum absolute atomic E-state index is 0.134. The number of nitrogens with one attached hydrogen (secondary N) is 1. The number of rotatable bonds is 11. The van der Waals surface area contributed by atoms with E-state index in [1.165, 1.54) is 18.0 Å². The predicted molar refractivity (Wildman–Crippen MR) is 125 cm³/mol. The third-order valence-electron chi connectivity index (χ3n) is 3.67. The van der Waals surface area contributed by atoms with E-state index < -0.39 is 5.97 Å². The average Bonchev–Trinajstić information content (AvgIpc) is 2.71. The summed E-state index contributed by atoms with van der Waals surface area (Å²) in [5, 5.41) is 4.54. The van der Waals surface area contributed by atoms with Gasteiger partial charge in [0.05, 0.1) is 29.7 Å². The first-order valence-corrected chi connectivity index (χ1v) is 11.6. The van der Waals surface area contributed by atoms with E-state index in [-0.39, 0.29) is 24.9 Å². The molecule has 0 fully saturated rings. The topological polar surface area (TPSA) is 112 Å². The van der Waals surface area contributed by atoms with Crippen LogP contribution in [0.2, 0.25) is 0 Å². The highest BCUT2D eigenvalue weighted by molar-refractivity contribution is 9.10. The van der Waals surface area contributed by atoms with Crippen molar-refractivity contribution in [3.8, 4) is 11.5 Å². The fraction of sp³-hybridized carbons (Fsp3) is 0.381. The van der Waals surface area contributed by atoms with E-state index >= 15 is 0 Å². The summed E-state index contributed by atoms with van der Waals surface area (Å²) in [4.78, 5) is 32.2. The molecule has 0 aliphatic rings. The van der Waals surface area contributed by atoms with Gasteiger partial charge in [-0.1, -0.05) is 11.8 Å². The van der Waals surface area contributed by atoms with E-state index in [2.05, 4.69) is 36.4 Å². The zero-order valence-electron chi connectivity index (χ0n) is 18.3. The number of carbonyl (C=O) groups is 2. The summed E-state index contributed by atoms with van der Waals surface area (Å²) >= 11 is 4.65. The van der Waals surface area contributed by atoms with Crippen molar-refractivity contribution in [3.63, 3.8) is 0 Å². The maximum Gasteiger partial charge on any atom is 0.344 e. The molecule has 0 aliphatic heterocycles. The molecule has 11 heteroatoms. The van der Waals surface area contributed by atoms with Crippen LogP contribution < -0.4 is 14.9 Å². The molecule has 2 aromatic rings. The van der Waals surface area contributed by atoms with E-state index in [0.717, 1.165) is 11.4 Å². The van der Waals surface area contributed by atoms with Crippen LogP contribution in [0.15, 0.2) is 32.9 Å². The number of hydrogen-bond donors (Lipinski definition) is 1. The number of carbonyl (C=O) groups excluding carboxylic acids is 2. The number of aromatic nitrogens is 2. The van der Waals surface area contributed by atoms with Gasteiger partial charge in [0.2, 0.25) is 0 Å². The largest absolute Gasteiger partial charge is 0.490 e. The summed E-state index contributed by atoms with van der Waals surface area (Å²) in [6, 6.07) is 5.30. The zero-order valence-corrected chi connectivity index (χ0v) is 20.7. The van der Waals surface area contributed by atoms with Crippen LogP contribution in [-0.4, -0.2) is 53.6 Å². The molecule has 0 saturated carbocycles. The molecular formula is C21H25BrN4O5S. The summed E-state index contributed by atoms with van der Waals surface area (Å²) in [5.74, 6) is 0.189. The Morgan fingerprint density at radius 2 is 1.84 bits per heavy atom.